The Morgan fingerprint density at radius 3 is 2.12 bits per heavy atom. The molecule has 2 aromatic rings. The molecule has 0 aliphatic carbocycles. The van der Waals surface area contributed by atoms with E-state index in [4.69, 9.17) is 4.74 Å². The average molecular weight is 348 g/mol. The highest BCUT2D eigenvalue weighted by Crippen LogP contribution is 2.22. The van der Waals surface area contributed by atoms with Gasteiger partial charge >= 0.3 is 0 Å². The van der Waals surface area contributed by atoms with Gasteiger partial charge in [-0.2, -0.15) is 0 Å². The van der Waals surface area contributed by atoms with Gasteiger partial charge in [0.1, 0.15) is 23.7 Å². The summed E-state index contributed by atoms with van der Waals surface area (Å²) in [6, 6.07) is 16.6. The number of ketones is 1. The summed E-state index contributed by atoms with van der Waals surface area (Å²) >= 11 is 0. The zero-order valence-corrected chi connectivity index (χ0v) is 14.2. The summed E-state index contributed by atoms with van der Waals surface area (Å²) in [6.45, 7) is 1.02. The van der Waals surface area contributed by atoms with Crippen molar-refractivity contribution in [1.29, 1.82) is 0 Å². The fourth-order valence-electron chi connectivity index (χ4n) is 2.41. The second-order valence-electron chi connectivity index (χ2n) is 5.78. The summed E-state index contributed by atoms with van der Waals surface area (Å²) in [5.74, 6) is -0.398. The van der Waals surface area contributed by atoms with Gasteiger partial charge in [0.25, 0.3) is 0 Å². The standard InChI is InChI=1S/C18H20O5S/c1-15(19)12-18(20,13-23-16-8-4-2-5-9-16)14-24(21,22)17-10-6-3-7-11-17/h2-11,20H,12-14H2,1H3. The van der Waals surface area contributed by atoms with E-state index in [9.17, 15) is 18.3 Å². The maximum absolute atomic E-state index is 12.5. The lowest BCUT2D eigenvalue weighted by atomic mass is 10.0. The van der Waals surface area contributed by atoms with Crippen LogP contribution in [0.5, 0.6) is 5.75 Å². The number of hydrogen-bond acceptors (Lipinski definition) is 5. The predicted octanol–water partition coefficient (Wildman–Crippen LogP) is 2.25. The molecule has 1 N–H and O–H groups in total. The first-order valence-electron chi connectivity index (χ1n) is 7.48. The molecule has 0 bridgehead atoms. The quantitative estimate of drug-likeness (QED) is 0.791. The molecule has 0 saturated heterocycles. The first kappa shape index (κ1) is 18.2. The number of benzene rings is 2. The fourth-order valence-corrected chi connectivity index (χ4v) is 4.04. The first-order valence-corrected chi connectivity index (χ1v) is 9.13. The van der Waals surface area contributed by atoms with E-state index in [1.165, 1.54) is 19.1 Å². The Hall–Kier alpha value is -2.18. The third kappa shape index (κ3) is 5.18. The van der Waals surface area contributed by atoms with Gasteiger partial charge in [-0.1, -0.05) is 36.4 Å². The number of aliphatic hydroxyl groups is 1. The Kier molecular flexibility index (Phi) is 5.75. The number of carbonyl (C=O) groups is 1. The van der Waals surface area contributed by atoms with Crippen LogP contribution >= 0.6 is 0 Å². The first-order chi connectivity index (χ1) is 11.3. The fraction of sp³-hybridized carbons (Fsp3) is 0.278. The van der Waals surface area contributed by atoms with Crippen LogP contribution in [0, 0.1) is 0 Å². The lowest BCUT2D eigenvalue weighted by molar-refractivity contribution is -0.122. The number of rotatable bonds is 8. The van der Waals surface area contributed by atoms with Crippen molar-refractivity contribution in [2.24, 2.45) is 0 Å². The predicted molar refractivity (Wildman–Crippen MR) is 90.7 cm³/mol. The van der Waals surface area contributed by atoms with Gasteiger partial charge in [0.2, 0.25) is 0 Å². The van der Waals surface area contributed by atoms with E-state index >= 15 is 0 Å². The van der Waals surface area contributed by atoms with Crippen LogP contribution in [0.25, 0.3) is 0 Å². The Bertz CT molecular complexity index is 772. The molecular formula is C18H20O5S. The maximum Gasteiger partial charge on any atom is 0.181 e. The lowest BCUT2D eigenvalue weighted by Crippen LogP contribution is -2.44. The number of Topliss-reactive ketones (excluding diaryl/α,β-unsaturated/α-hetero) is 1. The summed E-state index contributed by atoms with van der Waals surface area (Å²) < 4.78 is 30.5. The van der Waals surface area contributed by atoms with Crippen molar-refractivity contribution in [3.63, 3.8) is 0 Å². The van der Waals surface area contributed by atoms with E-state index in [0.29, 0.717) is 5.75 Å². The molecule has 24 heavy (non-hydrogen) atoms. The molecule has 5 nitrogen and oxygen atoms in total. The Labute approximate surface area is 141 Å². The number of hydrogen-bond donors (Lipinski definition) is 1. The van der Waals surface area contributed by atoms with Crippen molar-refractivity contribution in [2.45, 2.75) is 23.8 Å². The molecule has 2 rings (SSSR count). The summed E-state index contributed by atoms with van der Waals surface area (Å²) in [5, 5.41) is 10.7. The molecule has 1 atom stereocenters. The highest BCUT2D eigenvalue weighted by atomic mass is 32.2. The zero-order chi connectivity index (χ0) is 17.6. The molecule has 2 aromatic carbocycles. The van der Waals surface area contributed by atoms with Gasteiger partial charge in [-0.05, 0) is 31.2 Å². The minimum atomic E-state index is -3.75. The zero-order valence-electron chi connectivity index (χ0n) is 13.4. The molecule has 0 aliphatic rings. The van der Waals surface area contributed by atoms with Gasteiger partial charge in [-0.25, -0.2) is 8.42 Å². The van der Waals surface area contributed by atoms with Crippen molar-refractivity contribution in [2.75, 3.05) is 12.4 Å². The molecule has 0 radical (unpaired) electrons. The third-order valence-electron chi connectivity index (χ3n) is 3.39. The van der Waals surface area contributed by atoms with E-state index in [2.05, 4.69) is 0 Å². The normalized spacial score (nSPS) is 13.9. The van der Waals surface area contributed by atoms with E-state index in [1.54, 1.807) is 42.5 Å². The van der Waals surface area contributed by atoms with Crippen LogP contribution < -0.4 is 4.74 Å². The molecule has 0 spiro atoms. The van der Waals surface area contributed by atoms with Gasteiger partial charge in [-0.15, -0.1) is 0 Å². The molecule has 128 valence electrons. The molecule has 0 heterocycles. The molecule has 0 aromatic heterocycles. The van der Waals surface area contributed by atoms with Crippen molar-refractivity contribution < 1.29 is 23.1 Å². The summed E-state index contributed by atoms with van der Waals surface area (Å²) in [5.41, 5.74) is -1.80. The minimum absolute atomic E-state index is 0.103. The number of ether oxygens (including phenoxy) is 1. The van der Waals surface area contributed by atoms with Crippen LogP contribution in [0.2, 0.25) is 0 Å². The Morgan fingerprint density at radius 2 is 1.58 bits per heavy atom. The van der Waals surface area contributed by atoms with Gasteiger partial charge in [0, 0.05) is 6.42 Å². The lowest BCUT2D eigenvalue weighted by Gasteiger charge is -2.27. The van der Waals surface area contributed by atoms with E-state index in [1.807, 2.05) is 6.07 Å². The van der Waals surface area contributed by atoms with Crippen molar-refractivity contribution >= 4 is 15.6 Å². The van der Waals surface area contributed by atoms with E-state index in [0.717, 1.165) is 0 Å². The van der Waals surface area contributed by atoms with Crippen LogP contribution in [0.15, 0.2) is 65.6 Å². The summed E-state index contributed by atoms with van der Waals surface area (Å²) in [7, 11) is -3.75. The van der Waals surface area contributed by atoms with Crippen molar-refractivity contribution in [1.82, 2.24) is 0 Å². The van der Waals surface area contributed by atoms with Gasteiger partial charge in [0.15, 0.2) is 9.84 Å². The Balaban J connectivity index is 2.19. The molecular weight excluding hydrogens is 328 g/mol. The number of para-hydroxylation sites is 1. The molecule has 0 fully saturated rings. The SMILES string of the molecule is CC(=O)CC(O)(COc1ccccc1)CS(=O)(=O)c1ccccc1. The Morgan fingerprint density at radius 1 is 1.04 bits per heavy atom. The monoisotopic (exact) mass is 348 g/mol. The second kappa shape index (κ2) is 7.59. The smallest absolute Gasteiger partial charge is 0.181 e. The minimum Gasteiger partial charge on any atom is -0.491 e. The topological polar surface area (TPSA) is 80.7 Å². The highest BCUT2D eigenvalue weighted by Gasteiger charge is 2.36. The van der Waals surface area contributed by atoms with Crippen LogP contribution in [-0.2, 0) is 14.6 Å². The summed E-state index contributed by atoms with van der Waals surface area (Å²) in [4.78, 5) is 11.6. The van der Waals surface area contributed by atoms with Crippen LogP contribution in [0.3, 0.4) is 0 Å². The van der Waals surface area contributed by atoms with E-state index in [-0.39, 0.29) is 23.7 Å². The highest BCUT2D eigenvalue weighted by molar-refractivity contribution is 7.91. The van der Waals surface area contributed by atoms with E-state index < -0.39 is 21.2 Å². The molecule has 1 unspecified atom stereocenters. The van der Waals surface area contributed by atoms with Crippen LogP contribution in [0.1, 0.15) is 13.3 Å². The van der Waals surface area contributed by atoms with Crippen molar-refractivity contribution in [3.8, 4) is 5.75 Å². The molecule has 0 saturated carbocycles. The van der Waals surface area contributed by atoms with Gasteiger partial charge < -0.3 is 9.84 Å². The maximum atomic E-state index is 12.5. The second-order valence-corrected chi connectivity index (χ2v) is 7.77. The molecule has 0 amide bonds. The molecule has 6 heteroatoms. The van der Waals surface area contributed by atoms with Gasteiger partial charge in [-0.3, -0.25) is 4.79 Å². The average Bonchev–Trinajstić information content (AvgIpc) is 2.54. The molecule has 0 aliphatic heterocycles. The number of sulfone groups is 1. The van der Waals surface area contributed by atoms with Crippen LogP contribution in [0.4, 0.5) is 0 Å². The number of carbonyl (C=O) groups excluding carboxylic acids is 1. The summed E-state index contributed by atoms with van der Waals surface area (Å²) in [6.07, 6.45) is -0.300. The van der Waals surface area contributed by atoms with Crippen LogP contribution in [-0.4, -0.2) is 37.3 Å². The third-order valence-corrected chi connectivity index (χ3v) is 5.30. The van der Waals surface area contributed by atoms with Crippen molar-refractivity contribution in [3.05, 3.63) is 60.7 Å². The van der Waals surface area contributed by atoms with Gasteiger partial charge in [0.05, 0.1) is 10.6 Å². The largest absolute Gasteiger partial charge is 0.491 e.